The zero-order valence-corrected chi connectivity index (χ0v) is 23.1. The second kappa shape index (κ2) is 12.5. The van der Waals surface area contributed by atoms with Gasteiger partial charge in [-0.15, -0.1) is 0 Å². The Kier molecular flexibility index (Phi) is 9.26. The monoisotopic (exact) mass is 539 g/mol. The fraction of sp³-hybridized carbons (Fsp3) is 0.548. The number of hydrogen-bond acceptors (Lipinski definition) is 6. The molecule has 0 radical (unpaired) electrons. The molecular formula is C31H39F2N3O3. The van der Waals surface area contributed by atoms with Gasteiger partial charge in [-0.3, -0.25) is 14.8 Å². The highest BCUT2D eigenvalue weighted by molar-refractivity contribution is 6.16. The van der Waals surface area contributed by atoms with Gasteiger partial charge < -0.3 is 9.84 Å². The van der Waals surface area contributed by atoms with E-state index in [4.69, 9.17) is 4.74 Å². The van der Waals surface area contributed by atoms with E-state index in [1.807, 2.05) is 24.3 Å². The van der Waals surface area contributed by atoms with E-state index in [2.05, 4.69) is 35.7 Å². The Balaban J connectivity index is 1.48. The van der Waals surface area contributed by atoms with Crippen molar-refractivity contribution >= 4 is 18.2 Å². The molecule has 4 rings (SSSR count). The minimum Gasteiger partial charge on any atom is -0.474 e. The zero-order valence-electron chi connectivity index (χ0n) is 23.1. The van der Waals surface area contributed by atoms with Crippen molar-refractivity contribution in [2.75, 3.05) is 6.54 Å². The zero-order chi connectivity index (χ0) is 28.2. The Hall–Kier alpha value is -3.00. The molecular weight excluding hydrogens is 500 g/mol. The minimum atomic E-state index is -3.32. The maximum absolute atomic E-state index is 13.9. The number of carbonyl (C=O) groups is 1. The van der Waals surface area contributed by atoms with Crippen LogP contribution in [0.5, 0.6) is 5.88 Å². The predicted molar refractivity (Wildman–Crippen MR) is 149 cm³/mol. The molecule has 1 aromatic heterocycles. The maximum atomic E-state index is 13.9. The van der Waals surface area contributed by atoms with E-state index in [-0.39, 0.29) is 53.0 Å². The summed E-state index contributed by atoms with van der Waals surface area (Å²) in [5.41, 5.74) is 1.72. The number of ketones is 1. The van der Waals surface area contributed by atoms with E-state index in [1.165, 1.54) is 18.3 Å². The summed E-state index contributed by atoms with van der Waals surface area (Å²) in [6.07, 6.45) is 5.33. The van der Waals surface area contributed by atoms with E-state index < -0.39 is 12.0 Å². The number of aliphatic imine (C=N–C) groups is 2. The maximum Gasteiger partial charge on any atom is 0.275 e. The molecule has 2 heterocycles. The quantitative estimate of drug-likeness (QED) is 0.307. The number of aliphatic hydroxyl groups is 1. The molecule has 0 spiro atoms. The van der Waals surface area contributed by atoms with E-state index in [0.717, 1.165) is 24.0 Å². The minimum absolute atomic E-state index is 0.0142. The van der Waals surface area contributed by atoms with Crippen LogP contribution in [0, 0.1) is 17.8 Å². The first kappa shape index (κ1) is 29.0. The number of hydrogen-bond donors (Lipinski definition) is 1. The second-order valence-electron chi connectivity index (χ2n) is 11.3. The van der Waals surface area contributed by atoms with Crippen molar-refractivity contribution in [3.63, 3.8) is 0 Å². The lowest BCUT2D eigenvalue weighted by Gasteiger charge is -2.28. The van der Waals surface area contributed by atoms with Crippen LogP contribution in [0.25, 0.3) is 0 Å². The lowest BCUT2D eigenvalue weighted by atomic mass is 9.77. The van der Waals surface area contributed by atoms with Crippen molar-refractivity contribution in [2.24, 2.45) is 27.7 Å². The molecule has 0 amide bonds. The smallest absolute Gasteiger partial charge is 0.275 e. The fourth-order valence-electron chi connectivity index (χ4n) is 5.99. The van der Waals surface area contributed by atoms with Gasteiger partial charge in [0.15, 0.2) is 5.78 Å². The van der Waals surface area contributed by atoms with Gasteiger partial charge >= 0.3 is 0 Å². The van der Waals surface area contributed by atoms with Crippen LogP contribution in [0.3, 0.4) is 0 Å². The molecule has 8 heteroatoms. The van der Waals surface area contributed by atoms with Crippen molar-refractivity contribution in [1.29, 1.82) is 0 Å². The van der Waals surface area contributed by atoms with Crippen LogP contribution in [0.2, 0.25) is 0 Å². The van der Waals surface area contributed by atoms with Gasteiger partial charge in [0, 0.05) is 55.6 Å². The van der Waals surface area contributed by atoms with Crippen molar-refractivity contribution in [3.8, 4) is 5.88 Å². The first-order valence-electron chi connectivity index (χ1n) is 13.9. The molecule has 2 aromatic rings. The topological polar surface area (TPSA) is 84.1 Å². The Morgan fingerprint density at radius 1 is 1.10 bits per heavy atom. The summed E-state index contributed by atoms with van der Waals surface area (Å²) in [4.78, 5) is 26.9. The average molecular weight is 540 g/mol. The highest BCUT2D eigenvalue weighted by Gasteiger charge is 2.38. The van der Waals surface area contributed by atoms with E-state index in [1.54, 1.807) is 12.4 Å². The number of aromatic nitrogens is 1. The van der Waals surface area contributed by atoms with E-state index in [9.17, 15) is 18.7 Å². The highest BCUT2D eigenvalue weighted by Crippen LogP contribution is 2.40. The molecule has 1 aromatic carbocycles. The molecule has 7 unspecified atom stereocenters. The van der Waals surface area contributed by atoms with Gasteiger partial charge in [-0.1, -0.05) is 38.1 Å². The van der Waals surface area contributed by atoms with Gasteiger partial charge in [0.1, 0.15) is 12.2 Å². The third kappa shape index (κ3) is 6.96. The summed E-state index contributed by atoms with van der Waals surface area (Å²) in [5, 5.41) is 10.2. The number of Topliss-reactive ketones (excluding diaryl/α,β-unsaturated/α-hetero) is 1. The SMILES string of the molecule is CC1CCC(Oc2ncccc2C(O)C(C)(F)F)CC(C)C1CC(=O)c1ccccc1C1CN=CC=NC1C. The Morgan fingerprint density at radius 2 is 1.87 bits per heavy atom. The first-order valence-corrected chi connectivity index (χ1v) is 13.9. The number of carbonyl (C=O) groups excluding carboxylic acids is 1. The van der Waals surface area contributed by atoms with Crippen LogP contribution in [0.15, 0.2) is 52.6 Å². The van der Waals surface area contributed by atoms with Gasteiger partial charge in [-0.2, -0.15) is 0 Å². The number of pyridine rings is 1. The number of nitrogens with zero attached hydrogens (tertiary/aromatic N) is 3. The molecule has 1 saturated carbocycles. The largest absolute Gasteiger partial charge is 0.474 e. The lowest BCUT2D eigenvalue weighted by molar-refractivity contribution is -0.0968. The molecule has 1 aliphatic carbocycles. The Bertz CT molecular complexity index is 1200. The first-order chi connectivity index (χ1) is 18.6. The molecule has 1 N–H and O–H groups in total. The van der Waals surface area contributed by atoms with Gasteiger partial charge in [0.25, 0.3) is 5.92 Å². The van der Waals surface area contributed by atoms with Gasteiger partial charge in [-0.25, -0.2) is 13.8 Å². The van der Waals surface area contributed by atoms with Crippen molar-refractivity contribution < 1.29 is 23.4 Å². The molecule has 6 nitrogen and oxygen atoms in total. The summed E-state index contributed by atoms with van der Waals surface area (Å²) in [6.45, 7) is 7.63. The molecule has 1 fully saturated rings. The number of aliphatic hydroxyl groups excluding tert-OH is 1. The van der Waals surface area contributed by atoms with Crippen molar-refractivity contribution in [2.45, 2.75) is 83.5 Å². The van der Waals surface area contributed by atoms with Crippen LogP contribution in [-0.2, 0) is 0 Å². The van der Waals surface area contributed by atoms with Gasteiger partial charge in [0.05, 0.1) is 6.04 Å². The Morgan fingerprint density at radius 3 is 2.64 bits per heavy atom. The molecule has 39 heavy (non-hydrogen) atoms. The molecule has 0 saturated heterocycles. The number of benzene rings is 1. The summed E-state index contributed by atoms with van der Waals surface area (Å²) >= 11 is 0. The van der Waals surface area contributed by atoms with Crippen LogP contribution >= 0.6 is 0 Å². The lowest BCUT2D eigenvalue weighted by Crippen LogP contribution is -2.26. The summed E-state index contributed by atoms with van der Waals surface area (Å²) < 4.78 is 33.9. The predicted octanol–water partition coefficient (Wildman–Crippen LogP) is 6.49. The number of rotatable bonds is 8. The third-order valence-corrected chi connectivity index (χ3v) is 8.35. The normalized spacial score (nSPS) is 28.4. The fourth-order valence-corrected chi connectivity index (χ4v) is 5.99. The third-order valence-electron chi connectivity index (χ3n) is 8.35. The molecule has 2 aliphatic rings. The molecule has 7 atom stereocenters. The number of alkyl halides is 2. The Labute approximate surface area is 229 Å². The number of ether oxygens (including phenoxy) is 1. The van der Waals surface area contributed by atoms with Crippen LogP contribution < -0.4 is 4.74 Å². The van der Waals surface area contributed by atoms with Crippen molar-refractivity contribution in [1.82, 2.24) is 4.98 Å². The number of halogens is 2. The van der Waals surface area contributed by atoms with Crippen LogP contribution in [0.4, 0.5) is 8.78 Å². The summed E-state index contributed by atoms with van der Waals surface area (Å²) in [7, 11) is 0. The second-order valence-corrected chi connectivity index (χ2v) is 11.3. The van der Waals surface area contributed by atoms with E-state index in [0.29, 0.717) is 26.3 Å². The van der Waals surface area contributed by atoms with Gasteiger partial charge in [0.2, 0.25) is 5.88 Å². The molecule has 0 bridgehead atoms. The van der Waals surface area contributed by atoms with Gasteiger partial charge in [-0.05, 0) is 61.6 Å². The van der Waals surface area contributed by atoms with Crippen LogP contribution in [-0.4, -0.2) is 52.9 Å². The molecule has 210 valence electrons. The summed E-state index contributed by atoms with van der Waals surface area (Å²) in [5.74, 6) is -2.51. The average Bonchev–Trinajstić information content (AvgIpc) is 3.19. The van der Waals surface area contributed by atoms with E-state index >= 15 is 0 Å². The van der Waals surface area contributed by atoms with Crippen molar-refractivity contribution in [3.05, 3.63) is 59.3 Å². The highest BCUT2D eigenvalue weighted by atomic mass is 19.3. The summed E-state index contributed by atoms with van der Waals surface area (Å²) in [6, 6.07) is 10.8. The standard InChI is InChI=1S/C31H39F2N3O3/c1-19-11-12-22(39-30-25(10-7-13-36-30)29(38)31(4,32)33)16-20(2)26(19)17-28(37)24-9-6-5-8-23(24)27-18-34-14-15-35-21(27)3/h5-10,13-15,19-22,26-27,29,38H,11-12,16-18H2,1-4H3. The van der Waals surface area contributed by atoms with Crippen LogP contribution in [0.1, 0.15) is 86.9 Å². The molecule has 1 aliphatic heterocycles.